The van der Waals surface area contributed by atoms with Crippen molar-refractivity contribution in [3.63, 3.8) is 0 Å². The van der Waals surface area contributed by atoms with Gasteiger partial charge < -0.3 is 4.98 Å². The van der Waals surface area contributed by atoms with Gasteiger partial charge in [-0.25, -0.2) is 0 Å². The molecule has 4 heterocycles. The van der Waals surface area contributed by atoms with Crippen LogP contribution in [0.25, 0.3) is 52.9 Å². The molecule has 0 fully saturated rings. The summed E-state index contributed by atoms with van der Waals surface area (Å²) in [5.41, 5.74) is 10.1. The third-order valence-corrected chi connectivity index (χ3v) is 9.39. The van der Waals surface area contributed by atoms with E-state index in [0.717, 1.165) is 22.5 Å². The van der Waals surface area contributed by atoms with Crippen LogP contribution in [0.4, 0.5) is 0 Å². The summed E-state index contributed by atoms with van der Waals surface area (Å²) in [6, 6.07) is 35.9. The zero-order valence-electron chi connectivity index (χ0n) is 23.0. The average molecular weight is 773 g/mol. The van der Waals surface area contributed by atoms with E-state index < -0.39 is 0 Å². The first-order valence-corrected chi connectivity index (χ1v) is 14.9. The maximum atomic E-state index is 4.55. The average Bonchev–Trinajstić information content (AvgIpc) is 3.38. The fourth-order valence-electron chi connectivity index (χ4n) is 4.66. The maximum absolute atomic E-state index is 4.55. The van der Waals surface area contributed by atoms with Crippen LogP contribution >= 0.6 is 0 Å². The van der Waals surface area contributed by atoms with Crippen molar-refractivity contribution in [2.24, 2.45) is 0 Å². The summed E-state index contributed by atoms with van der Waals surface area (Å²) in [7, 11) is 0. The van der Waals surface area contributed by atoms with Gasteiger partial charge in [-0.2, -0.15) is 0 Å². The molecule has 4 aromatic heterocycles. The minimum absolute atomic E-state index is 0. The van der Waals surface area contributed by atoms with Crippen molar-refractivity contribution in [3.8, 4) is 33.6 Å². The van der Waals surface area contributed by atoms with Crippen molar-refractivity contribution >= 4 is 33.8 Å². The van der Waals surface area contributed by atoms with Crippen LogP contribution in [0.1, 0.15) is 16.7 Å². The van der Waals surface area contributed by atoms with Gasteiger partial charge in [-0.05, 0) is 30.7 Å². The second kappa shape index (κ2) is 12.8. The number of hydrogen-bond donors (Lipinski definition) is 0. The number of benzene rings is 3. The third-order valence-electron chi connectivity index (χ3n) is 7.03. The van der Waals surface area contributed by atoms with Gasteiger partial charge in [0, 0.05) is 26.3 Å². The quantitative estimate of drug-likeness (QED) is 0.134. The van der Waals surface area contributed by atoms with E-state index >= 15 is 0 Å². The number of nitrogens with zero attached hydrogens (tertiary/aromatic N) is 3. The van der Waals surface area contributed by atoms with Gasteiger partial charge in [-0.3, -0.25) is 0 Å². The molecule has 3 nitrogen and oxygen atoms in total. The Morgan fingerprint density at radius 2 is 1.39 bits per heavy atom. The fourth-order valence-corrected chi connectivity index (χ4v) is 6.87. The molecular formula is C36H27IrN3Se-2. The topological polar surface area (TPSA) is 38.7 Å². The molecule has 0 saturated carbocycles. The van der Waals surface area contributed by atoms with Crippen molar-refractivity contribution < 1.29 is 20.1 Å². The van der Waals surface area contributed by atoms with Crippen LogP contribution in [-0.4, -0.2) is 29.5 Å². The summed E-state index contributed by atoms with van der Waals surface area (Å²) in [6.07, 6.45) is 7.47. The van der Waals surface area contributed by atoms with Crippen LogP contribution in [-0.2, 0) is 20.1 Å². The Hall–Kier alpha value is -3.72. The number of hydrogen-bond acceptors (Lipinski definition) is 3. The van der Waals surface area contributed by atoms with E-state index in [9.17, 15) is 0 Å². The molecule has 41 heavy (non-hydrogen) atoms. The van der Waals surface area contributed by atoms with Crippen LogP contribution in [0.5, 0.6) is 0 Å². The van der Waals surface area contributed by atoms with E-state index in [1.54, 1.807) is 12.4 Å². The molecular weight excluding hydrogens is 746 g/mol. The summed E-state index contributed by atoms with van der Waals surface area (Å²) in [5.74, 6) is 0. The molecule has 7 aromatic rings. The first kappa shape index (κ1) is 28.8. The Bertz CT molecular complexity index is 1930. The molecule has 0 bridgehead atoms. The predicted molar refractivity (Wildman–Crippen MR) is 166 cm³/mol. The Morgan fingerprint density at radius 3 is 2.17 bits per heavy atom. The summed E-state index contributed by atoms with van der Waals surface area (Å²) in [6.45, 7) is 6.32. The number of aromatic nitrogens is 3. The van der Waals surface area contributed by atoms with Crippen LogP contribution in [0.2, 0.25) is 0 Å². The summed E-state index contributed by atoms with van der Waals surface area (Å²) >= 11 is 0.385. The Balaban J connectivity index is 0.000000161. The SMILES string of the molecule is Cc1cnc(-c2[c-]cc(C)c(-c3ccccc3)c2)cc1C.[Ir].[c-]1ccncc1-c1cc2c(cn1)[se]c1ccccc12. The van der Waals surface area contributed by atoms with Gasteiger partial charge in [-0.15, -0.1) is 29.3 Å². The second-order valence-electron chi connectivity index (χ2n) is 9.78. The first-order valence-electron chi connectivity index (χ1n) is 13.2. The number of pyridine rings is 3. The Morgan fingerprint density at radius 1 is 0.634 bits per heavy atom. The van der Waals surface area contributed by atoms with Crippen LogP contribution in [0.3, 0.4) is 0 Å². The molecule has 7 rings (SSSR count). The van der Waals surface area contributed by atoms with Crippen molar-refractivity contribution in [1.29, 1.82) is 0 Å². The third kappa shape index (κ3) is 6.30. The summed E-state index contributed by atoms with van der Waals surface area (Å²) in [5, 5.41) is 2.67. The summed E-state index contributed by atoms with van der Waals surface area (Å²) < 4.78 is 2.81. The van der Waals surface area contributed by atoms with E-state index in [1.165, 1.54) is 47.1 Å². The molecule has 1 radical (unpaired) electrons. The molecule has 0 saturated heterocycles. The molecule has 0 aliphatic heterocycles. The van der Waals surface area contributed by atoms with Gasteiger partial charge in [0.1, 0.15) is 0 Å². The zero-order chi connectivity index (χ0) is 27.5. The van der Waals surface area contributed by atoms with Crippen molar-refractivity contribution in [1.82, 2.24) is 15.0 Å². The van der Waals surface area contributed by atoms with Gasteiger partial charge in [0.15, 0.2) is 0 Å². The molecule has 3 aromatic carbocycles. The van der Waals surface area contributed by atoms with Gasteiger partial charge in [0.05, 0.1) is 0 Å². The molecule has 0 unspecified atom stereocenters. The van der Waals surface area contributed by atoms with Gasteiger partial charge >= 0.3 is 116 Å². The molecule has 203 valence electrons. The standard InChI is InChI=1S/C20H18N.C16H9N2Se.Ir/c1-14-9-10-18(20-11-15(2)16(3)13-21-20)12-19(14)17-7-5-4-6-8-17;1-2-6-15-12(5-1)13-8-14(18-10-16(13)19-15)11-4-3-7-17-9-11;/h4-9,11-13H,1-3H3;1-3,5-10H;/q2*-1;. The van der Waals surface area contributed by atoms with E-state index in [2.05, 4.69) is 121 Å². The second-order valence-corrected chi connectivity index (χ2v) is 12.1. The molecule has 0 N–H and O–H groups in total. The zero-order valence-corrected chi connectivity index (χ0v) is 27.1. The molecule has 0 aliphatic carbocycles. The summed E-state index contributed by atoms with van der Waals surface area (Å²) in [4.78, 5) is 13.2. The minimum atomic E-state index is 0. The Labute approximate surface area is 260 Å². The monoisotopic (exact) mass is 774 g/mol. The van der Waals surface area contributed by atoms with Crippen molar-refractivity contribution in [3.05, 3.63) is 139 Å². The van der Waals surface area contributed by atoms with Crippen LogP contribution in [0, 0.1) is 32.9 Å². The molecule has 0 amide bonds. The van der Waals surface area contributed by atoms with Crippen molar-refractivity contribution in [2.45, 2.75) is 20.8 Å². The number of aryl methyl sites for hydroxylation is 3. The van der Waals surface area contributed by atoms with E-state index in [-0.39, 0.29) is 20.1 Å². The van der Waals surface area contributed by atoms with E-state index in [1.807, 2.05) is 24.5 Å². The molecule has 0 aliphatic rings. The van der Waals surface area contributed by atoms with Gasteiger partial charge in [-0.1, -0.05) is 54.4 Å². The normalized spacial score (nSPS) is 10.6. The molecule has 0 spiro atoms. The number of rotatable bonds is 3. The fraction of sp³-hybridized carbons (Fsp3) is 0.0833. The van der Waals surface area contributed by atoms with Gasteiger partial charge in [0.2, 0.25) is 0 Å². The molecule has 0 atom stereocenters. The van der Waals surface area contributed by atoms with Crippen molar-refractivity contribution in [2.75, 3.05) is 0 Å². The van der Waals surface area contributed by atoms with E-state index in [0.29, 0.717) is 14.5 Å². The first-order chi connectivity index (χ1) is 19.6. The van der Waals surface area contributed by atoms with Gasteiger partial charge in [0.25, 0.3) is 0 Å². The van der Waals surface area contributed by atoms with Crippen LogP contribution < -0.4 is 0 Å². The Kier molecular flexibility index (Phi) is 9.02. The molecule has 5 heteroatoms. The van der Waals surface area contributed by atoms with Crippen LogP contribution in [0.15, 0.2) is 110 Å². The van der Waals surface area contributed by atoms with E-state index in [4.69, 9.17) is 0 Å². The number of fused-ring (bicyclic) bond motifs is 3. The predicted octanol–water partition coefficient (Wildman–Crippen LogP) is 8.45.